The molecule has 5 heteroatoms. The second-order valence-corrected chi connectivity index (χ2v) is 7.23. The molecule has 1 saturated heterocycles. The maximum atomic E-state index is 12.8. The molecule has 0 bridgehead atoms. The number of benzene rings is 2. The zero-order valence-electron chi connectivity index (χ0n) is 14.2. The van der Waals surface area contributed by atoms with Crippen molar-refractivity contribution in [3.63, 3.8) is 0 Å². The number of hydrogen-bond acceptors (Lipinski definition) is 2. The molecule has 1 fully saturated rings. The highest BCUT2D eigenvalue weighted by atomic mass is 35.5. The lowest BCUT2D eigenvalue weighted by Crippen LogP contribution is -2.28. The van der Waals surface area contributed by atoms with E-state index < -0.39 is 0 Å². The Bertz CT molecular complexity index is 916. The maximum absolute atomic E-state index is 12.8. The number of amides is 1. The van der Waals surface area contributed by atoms with Gasteiger partial charge < -0.3 is 9.47 Å². The van der Waals surface area contributed by atoms with Gasteiger partial charge in [-0.15, -0.1) is 0 Å². The van der Waals surface area contributed by atoms with Gasteiger partial charge in [-0.1, -0.05) is 23.7 Å². The maximum Gasteiger partial charge on any atom is 0.253 e. The number of rotatable bonds is 3. The summed E-state index contributed by atoms with van der Waals surface area (Å²) in [5.74, 6) is 0.606. The van der Waals surface area contributed by atoms with Gasteiger partial charge in [0.1, 0.15) is 0 Å². The fraction of sp³-hybridized carbons (Fsp3) is 0.300. The second kappa shape index (κ2) is 6.52. The van der Waals surface area contributed by atoms with Gasteiger partial charge in [-0.25, -0.2) is 4.98 Å². The van der Waals surface area contributed by atoms with E-state index in [2.05, 4.69) is 17.1 Å². The van der Waals surface area contributed by atoms with Crippen LogP contribution >= 0.6 is 11.6 Å². The van der Waals surface area contributed by atoms with Gasteiger partial charge in [0.2, 0.25) is 0 Å². The van der Waals surface area contributed by atoms with Gasteiger partial charge in [-0.2, -0.15) is 0 Å². The van der Waals surface area contributed by atoms with Crippen molar-refractivity contribution in [1.82, 2.24) is 14.5 Å². The fourth-order valence-electron chi connectivity index (χ4n) is 3.59. The molecule has 128 valence electrons. The van der Waals surface area contributed by atoms with Gasteiger partial charge in [0.25, 0.3) is 5.91 Å². The average molecular weight is 354 g/mol. The minimum Gasteiger partial charge on any atom is -0.338 e. The van der Waals surface area contributed by atoms with Gasteiger partial charge in [0, 0.05) is 30.7 Å². The van der Waals surface area contributed by atoms with Crippen LogP contribution in [-0.2, 0) is 13.5 Å². The summed E-state index contributed by atoms with van der Waals surface area (Å²) in [6.07, 6.45) is 3.80. The van der Waals surface area contributed by atoms with Crippen molar-refractivity contribution in [3.8, 4) is 0 Å². The van der Waals surface area contributed by atoms with Crippen LogP contribution in [0, 0.1) is 5.92 Å². The van der Waals surface area contributed by atoms with Crippen molar-refractivity contribution in [2.75, 3.05) is 13.1 Å². The van der Waals surface area contributed by atoms with Gasteiger partial charge >= 0.3 is 0 Å². The van der Waals surface area contributed by atoms with E-state index in [-0.39, 0.29) is 5.91 Å². The van der Waals surface area contributed by atoms with Gasteiger partial charge in [-0.05, 0) is 54.7 Å². The number of carbonyl (C=O) groups is 1. The Labute approximate surface area is 152 Å². The molecule has 2 heterocycles. The first kappa shape index (κ1) is 16.2. The number of halogens is 1. The van der Waals surface area contributed by atoms with E-state index in [4.69, 9.17) is 11.6 Å². The number of aryl methyl sites for hydroxylation is 1. The monoisotopic (exact) mass is 353 g/mol. The van der Waals surface area contributed by atoms with Crippen LogP contribution < -0.4 is 0 Å². The normalized spacial score (nSPS) is 17.4. The van der Waals surface area contributed by atoms with E-state index in [0.29, 0.717) is 5.92 Å². The van der Waals surface area contributed by atoms with Crippen molar-refractivity contribution >= 4 is 28.5 Å². The highest BCUT2D eigenvalue weighted by Crippen LogP contribution is 2.24. The molecule has 1 aliphatic heterocycles. The third kappa shape index (κ3) is 3.27. The number of imidazole rings is 1. The molecule has 0 saturated carbocycles. The topological polar surface area (TPSA) is 38.1 Å². The highest BCUT2D eigenvalue weighted by molar-refractivity contribution is 6.30. The van der Waals surface area contributed by atoms with E-state index in [9.17, 15) is 4.79 Å². The number of hydrogen-bond donors (Lipinski definition) is 0. The van der Waals surface area contributed by atoms with E-state index >= 15 is 0 Å². The van der Waals surface area contributed by atoms with E-state index in [0.717, 1.165) is 47.6 Å². The molecule has 0 N–H and O–H groups in total. The molecule has 1 amide bonds. The summed E-state index contributed by atoms with van der Waals surface area (Å²) >= 11 is 5.94. The van der Waals surface area contributed by atoms with Crippen molar-refractivity contribution in [2.45, 2.75) is 12.8 Å². The summed E-state index contributed by atoms with van der Waals surface area (Å²) in [6.45, 7) is 1.62. The Morgan fingerprint density at radius 3 is 2.84 bits per heavy atom. The number of nitrogens with zero attached hydrogens (tertiary/aromatic N) is 3. The third-order valence-electron chi connectivity index (χ3n) is 4.98. The predicted molar refractivity (Wildman–Crippen MR) is 99.9 cm³/mol. The average Bonchev–Trinajstić information content (AvgIpc) is 3.23. The van der Waals surface area contributed by atoms with Crippen LogP contribution in [0.25, 0.3) is 11.0 Å². The largest absolute Gasteiger partial charge is 0.338 e. The van der Waals surface area contributed by atoms with Crippen LogP contribution in [0.15, 0.2) is 48.8 Å². The zero-order valence-corrected chi connectivity index (χ0v) is 14.9. The Kier molecular flexibility index (Phi) is 4.22. The molecule has 2 aromatic carbocycles. The van der Waals surface area contributed by atoms with E-state index in [1.54, 1.807) is 6.33 Å². The van der Waals surface area contributed by atoms with Crippen molar-refractivity contribution in [3.05, 3.63) is 64.9 Å². The van der Waals surface area contributed by atoms with Gasteiger partial charge in [0.05, 0.1) is 17.4 Å². The van der Waals surface area contributed by atoms with Crippen LogP contribution in [0.2, 0.25) is 5.02 Å². The molecule has 1 unspecified atom stereocenters. The molecule has 4 nitrogen and oxygen atoms in total. The summed E-state index contributed by atoms with van der Waals surface area (Å²) in [6, 6.07) is 13.8. The summed E-state index contributed by atoms with van der Waals surface area (Å²) in [5, 5.41) is 0.761. The third-order valence-corrected chi connectivity index (χ3v) is 5.24. The molecule has 1 atom stereocenters. The van der Waals surface area contributed by atoms with Crippen molar-refractivity contribution < 1.29 is 4.79 Å². The van der Waals surface area contributed by atoms with Crippen LogP contribution in [0.1, 0.15) is 22.3 Å². The highest BCUT2D eigenvalue weighted by Gasteiger charge is 2.27. The molecular weight excluding hydrogens is 334 g/mol. The lowest BCUT2D eigenvalue weighted by Gasteiger charge is -2.17. The first-order valence-electron chi connectivity index (χ1n) is 8.55. The summed E-state index contributed by atoms with van der Waals surface area (Å²) < 4.78 is 1.96. The Balaban J connectivity index is 1.44. The summed E-state index contributed by atoms with van der Waals surface area (Å²) in [7, 11) is 1.96. The smallest absolute Gasteiger partial charge is 0.253 e. The molecule has 0 spiro atoms. The molecule has 4 rings (SSSR count). The lowest BCUT2D eigenvalue weighted by molar-refractivity contribution is 0.0787. The lowest BCUT2D eigenvalue weighted by atomic mass is 9.99. The quantitative estimate of drug-likeness (QED) is 0.715. The molecular formula is C20H20ClN3O. The number of carbonyl (C=O) groups excluding carboxylic acids is 1. The predicted octanol–water partition coefficient (Wildman–Crippen LogP) is 3.93. The number of aromatic nitrogens is 2. The van der Waals surface area contributed by atoms with Gasteiger partial charge in [0.15, 0.2) is 0 Å². The molecule has 1 aromatic heterocycles. The minimum atomic E-state index is 0.103. The molecule has 1 aliphatic rings. The van der Waals surface area contributed by atoms with Crippen LogP contribution in [0.5, 0.6) is 0 Å². The Hall–Kier alpha value is -2.33. The number of fused-ring (bicyclic) bond motifs is 1. The van der Waals surface area contributed by atoms with E-state index in [1.807, 2.05) is 46.8 Å². The van der Waals surface area contributed by atoms with Crippen LogP contribution in [0.4, 0.5) is 0 Å². The first-order chi connectivity index (χ1) is 12.1. The molecule has 0 aliphatic carbocycles. The van der Waals surface area contributed by atoms with E-state index in [1.165, 1.54) is 5.56 Å². The molecule has 25 heavy (non-hydrogen) atoms. The van der Waals surface area contributed by atoms with Crippen molar-refractivity contribution in [1.29, 1.82) is 0 Å². The van der Waals surface area contributed by atoms with Crippen molar-refractivity contribution in [2.24, 2.45) is 13.0 Å². The fourth-order valence-corrected chi connectivity index (χ4v) is 3.72. The first-order valence-corrected chi connectivity index (χ1v) is 8.93. The SMILES string of the molecule is Cn1cnc2cc(C(=O)N3CCC(Cc4ccc(Cl)cc4)C3)ccc21. The van der Waals surface area contributed by atoms with Gasteiger partial charge in [-0.3, -0.25) is 4.79 Å². The number of likely N-dealkylation sites (tertiary alicyclic amines) is 1. The minimum absolute atomic E-state index is 0.103. The molecule has 3 aromatic rings. The summed E-state index contributed by atoms with van der Waals surface area (Å²) in [4.78, 5) is 19.1. The Morgan fingerprint density at radius 2 is 2.04 bits per heavy atom. The molecule has 0 radical (unpaired) electrons. The second-order valence-electron chi connectivity index (χ2n) is 6.80. The standard InChI is InChI=1S/C20H20ClN3O/c1-23-13-22-18-11-16(4-7-19(18)23)20(25)24-9-8-15(12-24)10-14-2-5-17(21)6-3-14/h2-7,11,13,15H,8-10,12H2,1H3. The summed E-state index contributed by atoms with van der Waals surface area (Å²) in [5.41, 5.74) is 3.90. The van der Waals surface area contributed by atoms with Crippen LogP contribution in [-0.4, -0.2) is 33.4 Å². The van der Waals surface area contributed by atoms with Crippen LogP contribution in [0.3, 0.4) is 0 Å². The Morgan fingerprint density at radius 1 is 1.24 bits per heavy atom. The zero-order chi connectivity index (χ0) is 17.4.